The van der Waals surface area contributed by atoms with Gasteiger partial charge in [-0.2, -0.15) is 0 Å². The largest absolute Gasteiger partial charge is 0.490 e. The summed E-state index contributed by atoms with van der Waals surface area (Å²) >= 11 is 0. The smallest absolute Gasteiger partial charge is 0.134 e. The number of nitrogens with zero attached hydrogens (tertiary/aromatic N) is 3. The third kappa shape index (κ3) is 2.02. The second kappa shape index (κ2) is 4.30. The third-order valence-electron chi connectivity index (χ3n) is 2.78. The molecule has 0 radical (unpaired) electrons. The first kappa shape index (κ1) is 11.0. The maximum absolute atomic E-state index is 9.60. The number of aromatic nitrogens is 3. The molecule has 1 aromatic carbocycles. The van der Waals surface area contributed by atoms with Gasteiger partial charge in [0.25, 0.3) is 0 Å². The molecule has 1 aliphatic rings. The van der Waals surface area contributed by atoms with E-state index in [4.69, 9.17) is 9.47 Å². The molecule has 0 amide bonds. The van der Waals surface area contributed by atoms with Crippen molar-refractivity contribution in [2.75, 3.05) is 6.61 Å². The van der Waals surface area contributed by atoms with Crippen LogP contribution in [0.4, 0.5) is 0 Å². The van der Waals surface area contributed by atoms with Gasteiger partial charge in [0.2, 0.25) is 0 Å². The van der Waals surface area contributed by atoms with Crippen LogP contribution in [0.5, 0.6) is 11.5 Å². The number of ether oxygens (including phenoxy) is 2. The van der Waals surface area contributed by atoms with Crippen LogP contribution in [0, 0.1) is 0 Å². The van der Waals surface area contributed by atoms with Crippen molar-refractivity contribution < 1.29 is 14.6 Å². The Morgan fingerprint density at radius 3 is 3.22 bits per heavy atom. The molecule has 0 saturated carbocycles. The Hall–Kier alpha value is -2.08. The first-order valence-corrected chi connectivity index (χ1v) is 5.65. The fourth-order valence-corrected chi connectivity index (χ4v) is 1.88. The van der Waals surface area contributed by atoms with E-state index in [2.05, 4.69) is 10.3 Å². The highest BCUT2D eigenvalue weighted by Crippen LogP contribution is 2.35. The van der Waals surface area contributed by atoms with E-state index in [1.165, 1.54) is 0 Å². The maximum atomic E-state index is 9.60. The molecule has 3 rings (SSSR count). The van der Waals surface area contributed by atoms with E-state index < -0.39 is 6.10 Å². The fraction of sp³-hybridized carbons (Fsp3) is 0.333. The van der Waals surface area contributed by atoms with Crippen molar-refractivity contribution in [1.82, 2.24) is 15.0 Å². The number of aryl methyl sites for hydroxylation is 1. The minimum absolute atomic E-state index is 0.308. The molecule has 0 saturated heterocycles. The van der Waals surface area contributed by atoms with Crippen LogP contribution in [0.15, 0.2) is 24.4 Å². The van der Waals surface area contributed by atoms with Gasteiger partial charge >= 0.3 is 0 Å². The SMILES string of the molecule is Cn1cc(COc2ccc3c(c2)OCC3O)nn1. The van der Waals surface area contributed by atoms with Crippen LogP contribution in [0.3, 0.4) is 0 Å². The topological polar surface area (TPSA) is 69.4 Å². The molecule has 1 atom stereocenters. The van der Waals surface area contributed by atoms with Crippen molar-refractivity contribution in [3.63, 3.8) is 0 Å². The second-order valence-electron chi connectivity index (χ2n) is 4.20. The van der Waals surface area contributed by atoms with Gasteiger partial charge in [-0.15, -0.1) is 5.10 Å². The summed E-state index contributed by atoms with van der Waals surface area (Å²) in [7, 11) is 1.81. The molecule has 1 aliphatic heterocycles. The van der Waals surface area contributed by atoms with E-state index >= 15 is 0 Å². The fourth-order valence-electron chi connectivity index (χ4n) is 1.88. The summed E-state index contributed by atoms with van der Waals surface area (Å²) in [6.07, 6.45) is 1.27. The van der Waals surface area contributed by atoms with Gasteiger partial charge < -0.3 is 14.6 Å². The van der Waals surface area contributed by atoms with E-state index in [1.54, 1.807) is 24.0 Å². The van der Waals surface area contributed by atoms with E-state index in [1.807, 2.05) is 12.1 Å². The third-order valence-corrected chi connectivity index (χ3v) is 2.78. The van der Waals surface area contributed by atoms with Gasteiger partial charge in [-0.05, 0) is 12.1 Å². The first-order chi connectivity index (χ1) is 8.72. The first-order valence-electron chi connectivity index (χ1n) is 5.65. The highest BCUT2D eigenvalue weighted by atomic mass is 16.5. The van der Waals surface area contributed by atoms with Gasteiger partial charge in [-0.25, -0.2) is 0 Å². The summed E-state index contributed by atoms with van der Waals surface area (Å²) in [6, 6.07) is 5.41. The number of aliphatic hydroxyl groups is 1. The Bertz CT molecular complexity index is 567. The summed E-state index contributed by atoms with van der Waals surface area (Å²) in [5.41, 5.74) is 1.57. The monoisotopic (exact) mass is 247 g/mol. The molecule has 0 fully saturated rings. The highest BCUT2D eigenvalue weighted by molar-refractivity contribution is 5.44. The van der Waals surface area contributed by atoms with Crippen LogP contribution in [-0.2, 0) is 13.7 Å². The van der Waals surface area contributed by atoms with Gasteiger partial charge in [0.1, 0.15) is 36.5 Å². The second-order valence-corrected chi connectivity index (χ2v) is 4.20. The molecule has 18 heavy (non-hydrogen) atoms. The summed E-state index contributed by atoms with van der Waals surface area (Å²) in [5.74, 6) is 1.37. The van der Waals surface area contributed by atoms with E-state index in [0.717, 1.165) is 11.3 Å². The molecule has 0 bridgehead atoms. The van der Waals surface area contributed by atoms with Crippen molar-refractivity contribution in [1.29, 1.82) is 0 Å². The average Bonchev–Trinajstić information content (AvgIpc) is 2.94. The zero-order valence-electron chi connectivity index (χ0n) is 9.91. The Balaban J connectivity index is 1.70. The normalized spacial score (nSPS) is 17.3. The quantitative estimate of drug-likeness (QED) is 0.869. The van der Waals surface area contributed by atoms with Crippen molar-refractivity contribution in [2.45, 2.75) is 12.7 Å². The molecule has 0 aliphatic carbocycles. The van der Waals surface area contributed by atoms with Gasteiger partial charge in [0, 0.05) is 18.7 Å². The molecule has 0 spiro atoms. The van der Waals surface area contributed by atoms with Gasteiger partial charge in [-0.1, -0.05) is 5.21 Å². The summed E-state index contributed by atoms with van der Waals surface area (Å²) in [4.78, 5) is 0. The summed E-state index contributed by atoms with van der Waals surface area (Å²) in [5, 5.41) is 17.4. The van der Waals surface area contributed by atoms with Crippen molar-refractivity contribution in [3.8, 4) is 11.5 Å². The van der Waals surface area contributed by atoms with E-state index in [0.29, 0.717) is 24.7 Å². The lowest BCUT2D eigenvalue weighted by atomic mass is 10.1. The van der Waals surface area contributed by atoms with Crippen LogP contribution in [0.25, 0.3) is 0 Å². The van der Waals surface area contributed by atoms with E-state index in [-0.39, 0.29) is 0 Å². The molecular formula is C12H13N3O3. The highest BCUT2D eigenvalue weighted by Gasteiger charge is 2.22. The Labute approximate surface area is 104 Å². The zero-order valence-corrected chi connectivity index (χ0v) is 9.91. The standard InChI is InChI=1S/C12H13N3O3/c1-15-5-8(13-14-15)6-17-9-2-3-10-11(16)7-18-12(10)4-9/h2-5,11,16H,6-7H2,1H3. The van der Waals surface area contributed by atoms with Gasteiger partial charge in [0.05, 0.1) is 6.20 Å². The molecular weight excluding hydrogens is 234 g/mol. The number of hydrogen-bond acceptors (Lipinski definition) is 5. The summed E-state index contributed by atoms with van der Waals surface area (Å²) < 4.78 is 12.6. The molecule has 1 N–H and O–H groups in total. The lowest BCUT2D eigenvalue weighted by molar-refractivity contribution is 0.140. The number of hydrogen-bond donors (Lipinski definition) is 1. The van der Waals surface area contributed by atoms with Crippen LogP contribution in [-0.4, -0.2) is 26.7 Å². The van der Waals surface area contributed by atoms with Crippen molar-refractivity contribution in [3.05, 3.63) is 35.7 Å². The van der Waals surface area contributed by atoms with Gasteiger partial charge in [0.15, 0.2) is 0 Å². The maximum Gasteiger partial charge on any atom is 0.134 e. The minimum atomic E-state index is -0.533. The molecule has 6 heteroatoms. The molecule has 6 nitrogen and oxygen atoms in total. The van der Waals surface area contributed by atoms with Crippen LogP contribution in [0.2, 0.25) is 0 Å². The van der Waals surface area contributed by atoms with Crippen molar-refractivity contribution >= 4 is 0 Å². The van der Waals surface area contributed by atoms with Crippen LogP contribution < -0.4 is 9.47 Å². The molecule has 2 heterocycles. The zero-order chi connectivity index (χ0) is 12.5. The van der Waals surface area contributed by atoms with Gasteiger partial charge in [-0.3, -0.25) is 4.68 Å². The van der Waals surface area contributed by atoms with Crippen molar-refractivity contribution in [2.24, 2.45) is 7.05 Å². The number of rotatable bonds is 3. The Kier molecular flexibility index (Phi) is 2.64. The Morgan fingerprint density at radius 2 is 2.44 bits per heavy atom. The molecule has 2 aromatic rings. The predicted molar refractivity (Wildman–Crippen MR) is 62.2 cm³/mol. The number of aliphatic hydroxyl groups excluding tert-OH is 1. The molecule has 1 unspecified atom stereocenters. The average molecular weight is 247 g/mol. The number of fused-ring (bicyclic) bond motifs is 1. The number of benzene rings is 1. The lowest BCUT2D eigenvalue weighted by Gasteiger charge is -2.06. The van der Waals surface area contributed by atoms with E-state index in [9.17, 15) is 5.11 Å². The van der Waals surface area contributed by atoms with Crippen LogP contribution in [0.1, 0.15) is 17.4 Å². The lowest BCUT2D eigenvalue weighted by Crippen LogP contribution is -1.97. The molecule has 94 valence electrons. The Morgan fingerprint density at radius 1 is 1.56 bits per heavy atom. The van der Waals surface area contributed by atoms with Crippen LogP contribution >= 0.6 is 0 Å². The molecule has 1 aromatic heterocycles. The minimum Gasteiger partial charge on any atom is -0.490 e. The summed E-state index contributed by atoms with van der Waals surface area (Å²) in [6.45, 7) is 0.665. The predicted octanol–water partition coefficient (Wildman–Crippen LogP) is 0.820.